The fourth-order valence-electron chi connectivity index (χ4n) is 2.64. The number of nitrogens with one attached hydrogen (secondary N) is 1. The van der Waals surface area contributed by atoms with Crippen LogP contribution in [0.1, 0.15) is 31.5 Å². The zero-order chi connectivity index (χ0) is 15.9. The highest BCUT2D eigenvalue weighted by Crippen LogP contribution is 2.40. The Morgan fingerprint density at radius 3 is 2.82 bits per heavy atom. The maximum absolute atomic E-state index is 13.2. The summed E-state index contributed by atoms with van der Waals surface area (Å²) >= 11 is 0. The molecule has 1 saturated carbocycles. The first-order valence-electron chi connectivity index (χ1n) is 7.23. The molecule has 116 valence electrons. The molecule has 22 heavy (non-hydrogen) atoms. The van der Waals surface area contributed by atoms with Gasteiger partial charge in [-0.05, 0) is 44.7 Å². The number of nitro groups is 1. The van der Waals surface area contributed by atoms with Gasteiger partial charge in [0, 0.05) is 11.8 Å². The van der Waals surface area contributed by atoms with Crippen molar-refractivity contribution in [2.24, 2.45) is 5.92 Å². The van der Waals surface area contributed by atoms with E-state index >= 15 is 0 Å². The Labute approximate surface area is 127 Å². The molecular formula is C15H17FN4O2. The highest BCUT2D eigenvalue weighted by Gasteiger charge is 2.30. The van der Waals surface area contributed by atoms with E-state index in [1.807, 2.05) is 17.7 Å². The molecule has 1 N–H and O–H groups in total. The lowest BCUT2D eigenvalue weighted by molar-refractivity contribution is -0.384. The van der Waals surface area contributed by atoms with Gasteiger partial charge in [0.05, 0.1) is 17.0 Å². The minimum absolute atomic E-state index is 0.232. The van der Waals surface area contributed by atoms with Gasteiger partial charge in [-0.15, -0.1) is 0 Å². The number of benzene rings is 1. The summed E-state index contributed by atoms with van der Waals surface area (Å²) in [5.41, 5.74) is 0.921. The molecule has 1 aliphatic carbocycles. The molecule has 1 heterocycles. The maximum Gasteiger partial charge on any atom is 0.295 e. The van der Waals surface area contributed by atoms with Crippen molar-refractivity contribution in [2.45, 2.75) is 32.7 Å². The highest BCUT2D eigenvalue weighted by atomic mass is 19.1. The average molecular weight is 304 g/mol. The Hall–Kier alpha value is -2.44. The van der Waals surface area contributed by atoms with Crippen molar-refractivity contribution in [3.63, 3.8) is 0 Å². The first-order valence-corrected chi connectivity index (χ1v) is 7.23. The number of hydrogen-bond acceptors (Lipinski definition) is 4. The zero-order valence-corrected chi connectivity index (χ0v) is 12.4. The lowest BCUT2D eigenvalue weighted by atomic mass is 10.2. The molecule has 0 radical (unpaired) electrons. The fraction of sp³-hybridized carbons (Fsp3) is 0.400. The summed E-state index contributed by atoms with van der Waals surface area (Å²) in [6, 6.07) is 5.60. The largest absolute Gasteiger partial charge is 0.333 e. The van der Waals surface area contributed by atoms with Gasteiger partial charge >= 0.3 is 0 Å². The lowest BCUT2D eigenvalue weighted by Crippen LogP contribution is -2.10. The summed E-state index contributed by atoms with van der Waals surface area (Å²) < 4.78 is 15.1. The van der Waals surface area contributed by atoms with Gasteiger partial charge in [0.2, 0.25) is 0 Å². The minimum Gasteiger partial charge on any atom is -0.333 e. The van der Waals surface area contributed by atoms with Crippen molar-refractivity contribution in [3.05, 3.63) is 45.9 Å². The monoisotopic (exact) mass is 304 g/mol. The molecule has 1 unspecified atom stereocenters. The van der Waals surface area contributed by atoms with Gasteiger partial charge in [0.25, 0.3) is 5.69 Å². The molecule has 2 aromatic rings. The van der Waals surface area contributed by atoms with Crippen LogP contribution in [0.4, 0.5) is 21.6 Å². The number of halogens is 1. The molecule has 1 aromatic carbocycles. The van der Waals surface area contributed by atoms with E-state index in [0.29, 0.717) is 17.8 Å². The fourth-order valence-corrected chi connectivity index (χ4v) is 2.64. The van der Waals surface area contributed by atoms with E-state index in [0.717, 1.165) is 11.8 Å². The van der Waals surface area contributed by atoms with Crippen LogP contribution >= 0.6 is 0 Å². The Bertz CT molecular complexity index is 724. The van der Waals surface area contributed by atoms with E-state index in [1.165, 1.54) is 25.0 Å². The summed E-state index contributed by atoms with van der Waals surface area (Å²) in [4.78, 5) is 10.4. The third kappa shape index (κ3) is 2.79. The molecule has 0 aliphatic heterocycles. The lowest BCUT2D eigenvalue weighted by Gasteiger charge is -2.12. The smallest absolute Gasteiger partial charge is 0.295 e. The van der Waals surface area contributed by atoms with Crippen molar-refractivity contribution in [2.75, 3.05) is 5.32 Å². The first-order chi connectivity index (χ1) is 10.5. The highest BCUT2D eigenvalue weighted by molar-refractivity contribution is 5.67. The zero-order valence-electron chi connectivity index (χ0n) is 12.4. The molecular weight excluding hydrogens is 287 g/mol. The summed E-state index contributed by atoms with van der Waals surface area (Å²) in [5.74, 6) is 0.549. The van der Waals surface area contributed by atoms with Crippen LogP contribution in [0, 0.1) is 28.8 Å². The quantitative estimate of drug-likeness (QED) is 0.670. The predicted molar refractivity (Wildman–Crippen MR) is 80.7 cm³/mol. The van der Waals surface area contributed by atoms with Gasteiger partial charge in [0.15, 0.2) is 5.82 Å². The second-order valence-electron chi connectivity index (χ2n) is 5.74. The molecule has 0 amide bonds. The van der Waals surface area contributed by atoms with E-state index in [2.05, 4.69) is 17.3 Å². The SMILES string of the molecule is Cc1cc(Nc2ccc(F)cc2[N+](=O)[O-])nn1C(C)C1CC1. The number of aromatic nitrogens is 2. The summed E-state index contributed by atoms with van der Waals surface area (Å²) in [7, 11) is 0. The molecule has 3 rings (SSSR count). The van der Waals surface area contributed by atoms with Crippen LogP contribution in [-0.2, 0) is 0 Å². The normalized spacial score (nSPS) is 15.6. The Kier molecular flexibility index (Phi) is 3.56. The van der Waals surface area contributed by atoms with Crippen LogP contribution < -0.4 is 5.32 Å². The standard InChI is InChI=1S/C15H17FN4O2/c1-9-7-15(18-19(9)10(2)11-3-4-11)17-13-6-5-12(16)8-14(13)20(21)22/h5-8,10-11H,3-4H2,1-2H3,(H,17,18). The number of hydrogen-bond donors (Lipinski definition) is 1. The van der Waals surface area contributed by atoms with Gasteiger partial charge in [-0.25, -0.2) is 4.39 Å². The van der Waals surface area contributed by atoms with Crippen molar-refractivity contribution in [1.29, 1.82) is 0 Å². The Balaban J connectivity index is 1.87. The number of anilines is 2. The molecule has 1 atom stereocenters. The minimum atomic E-state index is -0.638. The molecule has 1 fully saturated rings. The van der Waals surface area contributed by atoms with E-state index in [4.69, 9.17) is 0 Å². The van der Waals surface area contributed by atoms with E-state index in [-0.39, 0.29) is 11.4 Å². The molecule has 7 heteroatoms. The second kappa shape index (κ2) is 5.40. The second-order valence-corrected chi connectivity index (χ2v) is 5.74. The summed E-state index contributed by atoms with van der Waals surface area (Å²) in [6.45, 7) is 4.08. The van der Waals surface area contributed by atoms with Crippen LogP contribution in [0.15, 0.2) is 24.3 Å². The van der Waals surface area contributed by atoms with Crippen LogP contribution in [0.3, 0.4) is 0 Å². The van der Waals surface area contributed by atoms with E-state index in [9.17, 15) is 14.5 Å². The Morgan fingerprint density at radius 2 is 2.18 bits per heavy atom. The molecule has 1 aromatic heterocycles. The van der Waals surface area contributed by atoms with Gasteiger partial charge in [-0.2, -0.15) is 5.10 Å². The molecule has 0 spiro atoms. The number of rotatable bonds is 5. The van der Waals surface area contributed by atoms with Gasteiger partial charge < -0.3 is 5.32 Å². The molecule has 0 bridgehead atoms. The molecule has 6 nitrogen and oxygen atoms in total. The predicted octanol–water partition coefficient (Wildman–Crippen LogP) is 3.95. The summed E-state index contributed by atoms with van der Waals surface area (Å²) in [6.07, 6.45) is 2.43. The van der Waals surface area contributed by atoms with Gasteiger partial charge in [0.1, 0.15) is 11.5 Å². The number of aryl methyl sites for hydroxylation is 1. The van der Waals surface area contributed by atoms with Crippen molar-refractivity contribution < 1.29 is 9.31 Å². The van der Waals surface area contributed by atoms with Crippen LogP contribution in [0.5, 0.6) is 0 Å². The summed E-state index contributed by atoms with van der Waals surface area (Å²) in [5, 5.41) is 18.4. The van der Waals surface area contributed by atoms with Crippen LogP contribution in [0.2, 0.25) is 0 Å². The molecule has 1 aliphatic rings. The number of nitrogens with zero attached hydrogens (tertiary/aromatic N) is 3. The van der Waals surface area contributed by atoms with Gasteiger partial charge in [-0.3, -0.25) is 14.8 Å². The van der Waals surface area contributed by atoms with E-state index in [1.54, 1.807) is 0 Å². The molecule has 0 saturated heterocycles. The van der Waals surface area contributed by atoms with Crippen LogP contribution in [-0.4, -0.2) is 14.7 Å². The van der Waals surface area contributed by atoms with E-state index < -0.39 is 10.7 Å². The Morgan fingerprint density at radius 1 is 1.45 bits per heavy atom. The number of nitro benzene ring substituents is 1. The van der Waals surface area contributed by atoms with Crippen molar-refractivity contribution in [3.8, 4) is 0 Å². The third-order valence-corrected chi connectivity index (χ3v) is 4.03. The van der Waals surface area contributed by atoms with Crippen molar-refractivity contribution in [1.82, 2.24) is 9.78 Å². The first kappa shape index (κ1) is 14.5. The third-order valence-electron chi connectivity index (χ3n) is 4.03. The van der Waals surface area contributed by atoms with Crippen molar-refractivity contribution >= 4 is 17.2 Å². The maximum atomic E-state index is 13.2. The van der Waals surface area contributed by atoms with Gasteiger partial charge in [-0.1, -0.05) is 0 Å². The average Bonchev–Trinajstić information content (AvgIpc) is 3.24. The topological polar surface area (TPSA) is 73.0 Å². The van der Waals surface area contributed by atoms with Crippen LogP contribution in [0.25, 0.3) is 0 Å².